The Morgan fingerprint density at radius 2 is 1.90 bits per heavy atom. The predicted octanol–water partition coefficient (Wildman–Crippen LogP) is 3.29. The van der Waals surface area contributed by atoms with Crippen molar-refractivity contribution in [1.29, 1.82) is 0 Å². The zero-order valence-corrected chi connectivity index (χ0v) is 18.5. The predicted molar refractivity (Wildman–Crippen MR) is 118 cm³/mol. The van der Waals surface area contributed by atoms with Gasteiger partial charge in [0.2, 0.25) is 11.8 Å². The van der Waals surface area contributed by atoms with Crippen molar-refractivity contribution in [2.75, 3.05) is 0 Å². The molecule has 1 aromatic heterocycles. The second-order valence-corrected chi connectivity index (χ2v) is 10.00. The quantitative estimate of drug-likeness (QED) is 0.774. The fraction of sp³-hybridized carbons (Fsp3) is 0.400. The largest absolute Gasteiger partial charge is 0.349 e. The molecule has 1 aromatic carbocycles. The lowest BCUT2D eigenvalue weighted by atomic mass is 9.65. The monoisotopic (exact) mass is 417 g/mol. The highest BCUT2D eigenvalue weighted by Gasteiger charge is 2.62. The molecule has 6 nitrogen and oxygen atoms in total. The summed E-state index contributed by atoms with van der Waals surface area (Å²) >= 11 is 0. The van der Waals surface area contributed by atoms with Gasteiger partial charge in [0.15, 0.2) is 11.8 Å². The number of fused-ring (bicyclic) bond motifs is 4. The van der Waals surface area contributed by atoms with Crippen molar-refractivity contribution < 1.29 is 14.4 Å². The maximum atomic E-state index is 13.7. The van der Waals surface area contributed by atoms with Gasteiger partial charge in [0.25, 0.3) is 0 Å². The molecule has 160 valence electrons. The fourth-order valence-corrected chi connectivity index (χ4v) is 5.68. The molecule has 0 radical (unpaired) electrons. The number of carbonyl (C=O) groups excluding carboxylic acids is 3. The highest BCUT2D eigenvalue weighted by molar-refractivity contribution is 6.12. The molecule has 6 heteroatoms. The van der Waals surface area contributed by atoms with Crippen LogP contribution in [-0.4, -0.2) is 38.1 Å². The zero-order chi connectivity index (χ0) is 22.3. The third kappa shape index (κ3) is 2.54. The van der Waals surface area contributed by atoms with Gasteiger partial charge in [-0.15, -0.1) is 0 Å². The summed E-state index contributed by atoms with van der Waals surface area (Å²) < 4.78 is 2.02. The van der Waals surface area contributed by atoms with E-state index in [4.69, 9.17) is 0 Å². The Kier molecular flexibility index (Phi) is 3.95. The molecule has 3 atom stereocenters. The summed E-state index contributed by atoms with van der Waals surface area (Å²) in [6.07, 6.45) is 5.49. The summed E-state index contributed by atoms with van der Waals surface area (Å²) in [5.41, 5.74) is 2.15. The first-order chi connectivity index (χ1) is 14.6. The van der Waals surface area contributed by atoms with Crippen molar-refractivity contribution >= 4 is 28.5 Å². The Morgan fingerprint density at radius 1 is 1.19 bits per heavy atom. The minimum Gasteiger partial charge on any atom is -0.349 e. The Hall–Kier alpha value is -3.15. The van der Waals surface area contributed by atoms with E-state index in [0.717, 1.165) is 27.7 Å². The summed E-state index contributed by atoms with van der Waals surface area (Å²) in [4.78, 5) is 41.9. The van der Waals surface area contributed by atoms with Crippen molar-refractivity contribution in [2.24, 2.45) is 7.05 Å². The van der Waals surface area contributed by atoms with E-state index >= 15 is 0 Å². The third-order valence-electron chi connectivity index (χ3n) is 6.75. The van der Waals surface area contributed by atoms with E-state index in [0.29, 0.717) is 6.42 Å². The van der Waals surface area contributed by atoms with E-state index in [9.17, 15) is 14.4 Å². The number of hydrogen-bond acceptors (Lipinski definition) is 3. The molecule has 31 heavy (non-hydrogen) atoms. The Morgan fingerprint density at radius 3 is 2.61 bits per heavy atom. The molecule has 2 aromatic rings. The number of carbonyl (C=O) groups is 3. The summed E-state index contributed by atoms with van der Waals surface area (Å²) in [6, 6.07) is 7.14. The molecule has 2 aliphatic heterocycles. The summed E-state index contributed by atoms with van der Waals surface area (Å²) in [6.45, 7) is 7.70. The standard InChI is InChI=1S/C25H27N3O3/c1-14-12-16-20-15-8-6-7-9-17(15)27(5)21(20)22(23(31)26-24(2,3)4)28-19(30)10-11-25(16,28)18(29)13-14/h6-11,13,16,22H,12H2,1-5H3,(H,26,31)/t16-,22-,25+/m1/s1. The number of nitrogens with zero attached hydrogens (tertiary/aromatic N) is 2. The molecular weight excluding hydrogens is 390 g/mol. The molecule has 2 amide bonds. The average molecular weight is 418 g/mol. The highest BCUT2D eigenvalue weighted by atomic mass is 16.2. The minimum absolute atomic E-state index is 0.129. The lowest BCUT2D eigenvalue weighted by molar-refractivity contribution is -0.149. The van der Waals surface area contributed by atoms with Crippen LogP contribution in [0.25, 0.3) is 10.9 Å². The minimum atomic E-state index is -1.16. The normalized spacial score (nSPS) is 27.1. The van der Waals surface area contributed by atoms with Crippen molar-refractivity contribution in [1.82, 2.24) is 14.8 Å². The number of benzene rings is 1. The van der Waals surface area contributed by atoms with Gasteiger partial charge in [-0.1, -0.05) is 23.8 Å². The molecule has 1 aliphatic carbocycles. The molecular formula is C25H27N3O3. The molecule has 0 unspecified atom stereocenters. The van der Waals surface area contributed by atoms with Gasteiger partial charge in [-0.25, -0.2) is 0 Å². The lowest BCUT2D eigenvalue weighted by Crippen LogP contribution is -2.63. The van der Waals surface area contributed by atoms with Crippen molar-refractivity contribution in [3.05, 3.63) is 59.3 Å². The number of amides is 2. The molecule has 5 rings (SSSR count). The number of allylic oxidation sites excluding steroid dienone is 1. The second kappa shape index (κ2) is 6.19. The number of aromatic nitrogens is 1. The van der Waals surface area contributed by atoms with Gasteiger partial charge in [0, 0.05) is 35.5 Å². The summed E-state index contributed by atoms with van der Waals surface area (Å²) in [5.74, 6) is -0.923. The smallest absolute Gasteiger partial charge is 0.249 e. The molecule has 0 saturated carbocycles. The van der Waals surface area contributed by atoms with Crippen LogP contribution in [0.15, 0.2) is 48.1 Å². The van der Waals surface area contributed by atoms with E-state index in [-0.39, 0.29) is 23.5 Å². The molecule has 0 bridgehead atoms. The number of aryl methyl sites for hydroxylation is 1. The van der Waals surface area contributed by atoms with Crippen LogP contribution in [0.5, 0.6) is 0 Å². The van der Waals surface area contributed by atoms with Crippen molar-refractivity contribution in [3.8, 4) is 0 Å². The van der Waals surface area contributed by atoms with Crippen molar-refractivity contribution in [2.45, 2.75) is 57.2 Å². The van der Waals surface area contributed by atoms with Crippen LogP contribution in [0.3, 0.4) is 0 Å². The van der Waals surface area contributed by atoms with Gasteiger partial charge < -0.3 is 14.8 Å². The van der Waals surface area contributed by atoms with E-state index in [1.807, 2.05) is 57.5 Å². The highest BCUT2D eigenvalue weighted by Crippen LogP contribution is 2.56. The fourth-order valence-electron chi connectivity index (χ4n) is 5.68. The lowest BCUT2D eigenvalue weighted by Gasteiger charge is -2.51. The van der Waals surface area contributed by atoms with Crippen LogP contribution >= 0.6 is 0 Å². The van der Waals surface area contributed by atoms with E-state index in [1.165, 1.54) is 11.0 Å². The van der Waals surface area contributed by atoms with Crippen molar-refractivity contribution in [3.63, 3.8) is 0 Å². The van der Waals surface area contributed by atoms with E-state index < -0.39 is 17.1 Å². The third-order valence-corrected chi connectivity index (χ3v) is 6.75. The number of hydrogen-bond donors (Lipinski definition) is 1. The van der Waals surface area contributed by atoms with Crippen LogP contribution in [0, 0.1) is 0 Å². The second-order valence-electron chi connectivity index (χ2n) is 10.00. The zero-order valence-electron chi connectivity index (χ0n) is 18.5. The topological polar surface area (TPSA) is 71.4 Å². The SMILES string of the molecule is CC1=CC(=O)[C@@]23C=CC(=O)N2[C@@H](C(=O)NC(C)(C)C)c2c(c4ccccc4n2C)[C@H]3C1. The van der Waals surface area contributed by atoms with Crippen LogP contribution in [0.2, 0.25) is 0 Å². The Bertz CT molecular complexity index is 1230. The average Bonchev–Trinajstić information content (AvgIpc) is 3.17. The number of ketones is 1. The van der Waals surface area contributed by atoms with Crippen LogP contribution in [0.1, 0.15) is 57.3 Å². The molecule has 3 heterocycles. The molecule has 3 aliphatic rings. The van der Waals surface area contributed by atoms with Gasteiger partial charge >= 0.3 is 0 Å². The van der Waals surface area contributed by atoms with Crippen LogP contribution in [0.4, 0.5) is 0 Å². The first-order valence-corrected chi connectivity index (χ1v) is 10.7. The maximum absolute atomic E-state index is 13.7. The van der Waals surface area contributed by atoms with Crippen LogP contribution in [-0.2, 0) is 21.4 Å². The van der Waals surface area contributed by atoms with Crippen LogP contribution < -0.4 is 5.32 Å². The Labute approximate surface area is 181 Å². The molecule has 0 saturated heterocycles. The number of para-hydroxylation sites is 1. The van der Waals surface area contributed by atoms with Gasteiger partial charge in [0.1, 0.15) is 5.54 Å². The van der Waals surface area contributed by atoms with E-state index in [1.54, 1.807) is 12.2 Å². The number of rotatable bonds is 1. The van der Waals surface area contributed by atoms with Gasteiger partial charge in [-0.2, -0.15) is 0 Å². The Balaban J connectivity index is 1.86. The first kappa shape index (κ1) is 19.8. The molecule has 1 spiro atoms. The summed E-state index contributed by atoms with van der Waals surface area (Å²) in [7, 11) is 1.94. The molecule has 1 N–H and O–H groups in total. The van der Waals surface area contributed by atoms with Gasteiger partial charge in [0.05, 0.1) is 5.69 Å². The summed E-state index contributed by atoms with van der Waals surface area (Å²) in [5, 5.41) is 4.08. The van der Waals surface area contributed by atoms with E-state index in [2.05, 4.69) is 11.4 Å². The first-order valence-electron chi connectivity index (χ1n) is 10.7. The molecule has 0 fully saturated rings. The van der Waals surface area contributed by atoms with Gasteiger partial charge in [-0.3, -0.25) is 14.4 Å². The van der Waals surface area contributed by atoms with Gasteiger partial charge in [-0.05, 0) is 57.9 Å². The number of nitrogens with one attached hydrogen (secondary N) is 1. The maximum Gasteiger partial charge on any atom is 0.249 e.